The van der Waals surface area contributed by atoms with Gasteiger partial charge in [-0.15, -0.1) is 0 Å². The molecule has 0 aliphatic heterocycles. The Morgan fingerprint density at radius 3 is 1.65 bits per heavy atom. The standard InChI is InChI=1S/C21H24O5/c1-2-9-18(22)19(20(23)25-14-16-10-5-3-6-11-16)21(24)26-15-17-12-7-4-8-13-17/h3-8,10-13,18-19,22H,2,9,14-15H2,1H3. The number of carbonyl (C=O) groups excluding carboxylic acids is 2. The quantitative estimate of drug-likeness (QED) is 0.551. The van der Waals surface area contributed by atoms with Crippen LogP contribution in [0.15, 0.2) is 60.7 Å². The minimum Gasteiger partial charge on any atom is -0.460 e. The Bertz CT molecular complexity index is 629. The molecule has 0 bridgehead atoms. The van der Waals surface area contributed by atoms with Crippen LogP contribution in [0.5, 0.6) is 0 Å². The van der Waals surface area contributed by atoms with Gasteiger partial charge in [0, 0.05) is 0 Å². The van der Waals surface area contributed by atoms with Gasteiger partial charge in [0.05, 0.1) is 6.10 Å². The molecule has 138 valence electrons. The predicted molar refractivity (Wildman–Crippen MR) is 96.9 cm³/mol. The highest BCUT2D eigenvalue weighted by Gasteiger charge is 2.36. The van der Waals surface area contributed by atoms with Crippen LogP contribution in [0.3, 0.4) is 0 Å². The lowest BCUT2D eigenvalue weighted by Crippen LogP contribution is -2.37. The maximum atomic E-state index is 12.4. The van der Waals surface area contributed by atoms with Crippen LogP contribution in [0.4, 0.5) is 0 Å². The average molecular weight is 356 g/mol. The van der Waals surface area contributed by atoms with E-state index in [1.807, 2.05) is 67.6 Å². The van der Waals surface area contributed by atoms with Crippen LogP contribution in [-0.4, -0.2) is 23.1 Å². The lowest BCUT2D eigenvalue weighted by Gasteiger charge is -2.20. The maximum Gasteiger partial charge on any atom is 0.323 e. The van der Waals surface area contributed by atoms with Gasteiger partial charge >= 0.3 is 11.9 Å². The van der Waals surface area contributed by atoms with Crippen LogP contribution >= 0.6 is 0 Å². The van der Waals surface area contributed by atoms with Crippen LogP contribution < -0.4 is 0 Å². The van der Waals surface area contributed by atoms with Crippen molar-refractivity contribution in [3.8, 4) is 0 Å². The number of aliphatic hydroxyl groups excluding tert-OH is 1. The molecule has 0 aliphatic carbocycles. The average Bonchev–Trinajstić information content (AvgIpc) is 2.67. The van der Waals surface area contributed by atoms with E-state index in [2.05, 4.69) is 0 Å². The molecular formula is C21H24O5. The van der Waals surface area contributed by atoms with Crippen molar-refractivity contribution >= 4 is 11.9 Å². The number of aliphatic hydroxyl groups is 1. The van der Waals surface area contributed by atoms with E-state index in [4.69, 9.17) is 9.47 Å². The first-order valence-electron chi connectivity index (χ1n) is 8.71. The predicted octanol–water partition coefficient (Wildman–Crippen LogP) is 3.25. The third-order valence-electron chi connectivity index (χ3n) is 3.92. The number of hydrogen-bond acceptors (Lipinski definition) is 5. The summed E-state index contributed by atoms with van der Waals surface area (Å²) >= 11 is 0. The fourth-order valence-electron chi connectivity index (χ4n) is 2.51. The molecule has 0 aliphatic rings. The van der Waals surface area contributed by atoms with E-state index in [1.165, 1.54) is 0 Å². The first-order chi connectivity index (χ1) is 12.6. The zero-order valence-electron chi connectivity index (χ0n) is 14.8. The molecule has 0 heterocycles. The van der Waals surface area contributed by atoms with Gasteiger partial charge in [-0.2, -0.15) is 0 Å². The van der Waals surface area contributed by atoms with Crippen LogP contribution in [0.1, 0.15) is 30.9 Å². The van der Waals surface area contributed by atoms with E-state index in [9.17, 15) is 14.7 Å². The summed E-state index contributed by atoms with van der Waals surface area (Å²) in [6.07, 6.45) is -0.187. The monoisotopic (exact) mass is 356 g/mol. The highest BCUT2D eigenvalue weighted by molar-refractivity contribution is 5.95. The van der Waals surface area contributed by atoms with Crippen molar-refractivity contribution in [3.63, 3.8) is 0 Å². The molecule has 2 aromatic rings. The van der Waals surface area contributed by atoms with Crippen molar-refractivity contribution in [2.45, 2.75) is 39.1 Å². The van der Waals surface area contributed by atoms with Crippen molar-refractivity contribution < 1.29 is 24.2 Å². The largest absolute Gasteiger partial charge is 0.460 e. The van der Waals surface area contributed by atoms with Gasteiger partial charge in [-0.05, 0) is 17.5 Å². The van der Waals surface area contributed by atoms with E-state index in [0.29, 0.717) is 12.8 Å². The second-order valence-electron chi connectivity index (χ2n) is 6.02. The van der Waals surface area contributed by atoms with E-state index in [0.717, 1.165) is 11.1 Å². The zero-order chi connectivity index (χ0) is 18.8. The molecule has 0 saturated carbocycles. The van der Waals surface area contributed by atoms with E-state index in [-0.39, 0.29) is 13.2 Å². The molecule has 2 aromatic carbocycles. The van der Waals surface area contributed by atoms with E-state index >= 15 is 0 Å². The number of ether oxygens (including phenoxy) is 2. The molecule has 0 fully saturated rings. The van der Waals surface area contributed by atoms with E-state index in [1.54, 1.807) is 0 Å². The zero-order valence-corrected chi connectivity index (χ0v) is 14.8. The Balaban J connectivity index is 1.99. The summed E-state index contributed by atoms with van der Waals surface area (Å²) in [6, 6.07) is 18.3. The number of carbonyl (C=O) groups is 2. The summed E-state index contributed by atoms with van der Waals surface area (Å²) in [5.74, 6) is -2.89. The molecule has 0 spiro atoms. The molecule has 5 heteroatoms. The lowest BCUT2D eigenvalue weighted by molar-refractivity contribution is -0.169. The second kappa shape index (κ2) is 10.4. The highest BCUT2D eigenvalue weighted by atomic mass is 16.6. The smallest absolute Gasteiger partial charge is 0.323 e. The van der Waals surface area contributed by atoms with Gasteiger partial charge < -0.3 is 14.6 Å². The van der Waals surface area contributed by atoms with Crippen LogP contribution in [0, 0.1) is 5.92 Å². The van der Waals surface area contributed by atoms with Crippen molar-refractivity contribution in [2.75, 3.05) is 0 Å². The Hall–Kier alpha value is -2.66. The lowest BCUT2D eigenvalue weighted by atomic mass is 9.99. The molecule has 0 radical (unpaired) electrons. The molecule has 5 nitrogen and oxygen atoms in total. The molecule has 0 amide bonds. The Morgan fingerprint density at radius 1 is 0.846 bits per heavy atom. The van der Waals surface area contributed by atoms with Gasteiger partial charge in [-0.3, -0.25) is 9.59 Å². The summed E-state index contributed by atoms with van der Waals surface area (Å²) in [5.41, 5.74) is 1.62. The summed E-state index contributed by atoms with van der Waals surface area (Å²) in [4.78, 5) is 24.8. The van der Waals surface area contributed by atoms with Gasteiger partial charge in [-0.1, -0.05) is 74.0 Å². The van der Waals surface area contributed by atoms with Gasteiger partial charge in [0.1, 0.15) is 13.2 Å². The Labute approximate surface area is 153 Å². The minimum atomic E-state index is -1.35. The molecule has 1 atom stereocenters. The van der Waals surface area contributed by atoms with Crippen molar-refractivity contribution in [1.29, 1.82) is 0 Å². The topological polar surface area (TPSA) is 72.8 Å². The van der Waals surface area contributed by atoms with Gasteiger partial charge in [0.25, 0.3) is 0 Å². The van der Waals surface area contributed by atoms with Gasteiger partial charge in [0.15, 0.2) is 5.92 Å². The summed E-state index contributed by atoms with van der Waals surface area (Å²) in [7, 11) is 0. The number of benzene rings is 2. The van der Waals surface area contributed by atoms with Crippen molar-refractivity contribution in [3.05, 3.63) is 71.8 Å². The normalized spacial score (nSPS) is 11.8. The minimum absolute atomic E-state index is 0.0426. The first-order valence-corrected chi connectivity index (χ1v) is 8.71. The molecule has 0 saturated heterocycles. The molecule has 1 unspecified atom stereocenters. The third kappa shape index (κ3) is 6.01. The molecular weight excluding hydrogens is 332 g/mol. The van der Waals surface area contributed by atoms with Crippen LogP contribution in [-0.2, 0) is 32.3 Å². The van der Waals surface area contributed by atoms with E-state index < -0.39 is 24.0 Å². The number of hydrogen-bond donors (Lipinski definition) is 1. The fourth-order valence-corrected chi connectivity index (χ4v) is 2.51. The van der Waals surface area contributed by atoms with Crippen LogP contribution in [0.25, 0.3) is 0 Å². The number of esters is 2. The second-order valence-corrected chi connectivity index (χ2v) is 6.02. The summed E-state index contributed by atoms with van der Waals surface area (Å²) in [5, 5.41) is 10.2. The Morgan fingerprint density at radius 2 is 1.27 bits per heavy atom. The molecule has 1 N–H and O–H groups in total. The molecule has 2 rings (SSSR count). The summed E-state index contributed by atoms with van der Waals surface area (Å²) < 4.78 is 10.5. The number of rotatable bonds is 9. The van der Waals surface area contributed by atoms with Crippen molar-refractivity contribution in [1.82, 2.24) is 0 Å². The SMILES string of the molecule is CCCC(O)C(C(=O)OCc1ccccc1)C(=O)OCc1ccccc1. The maximum absolute atomic E-state index is 12.4. The van der Waals surface area contributed by atoms with Gasteiger partial charge in [-0.25, -0.2) is 0 Å². The molecule has 0 aromatic heterocycles. The molecule has 26 heavy (non-hydrogen) atoms. The summed E-state index contributed by atoms with van der Waals surface area (Å²) in [6.45, 7) is 1.95. The van der Waals surface area contributed by atoms with Crippen molar-refractivity contribution in [2.24, 2.45) is 5.92 Å². The fraction of sp³-hybridized carbons (Fsp3) is 0.333. The van der Waals surface area contributed by atoms with Crippen LogP contribution in [0.2, 0.25) is 0 Å². The first kappa shape index (κ1) is 19.7. The Kier molecular flexibility index (Phi) is 7.83. The third-order valence-corrected chi connectivity index (χ3v) is 3.92. The van der Waals surface area contributed by atoms with Gasteiger partial charge in [0.2, 0.25) is 0 Å². The highest BCUT2D eigenvalue weighted by Crippen LogP contribution is 2.16.